The van der Waals surface area contributed by atoms with Crippen LogP contribution in [-0.2, 0) is 12.7 Å². The number of hydrogen-bond donors (Lipinski definition) is 2. The first kappa shape index (κ1) is 25.5. The van der Waals surface area contributed by atoms with Gasteiger partial charge in [-0.05, 0) is 91.5 Å². The molecule has 4 aliphatic carbocycles. The Morgan fingerprint density at radius 2 is 1.61 bits per heavy atom. The number of thioether (sulfide) groups is 1. The summed E-state index contributed by atoms with van der Waals surface area (Å²) in [7, 11) is 0. The van der Waals surface area contributed by atoms with Gasteiger partial charge in [0.25, 0.3) is 5.91 Å². The van der Waals surface area contributed by atoms with Crippen LogP contribution in [0.15, 0.2) is 48.5 Å². The van der Waals surface area contributed by atoms with Crippen molar-refractivity contribution in [2.75, 3.05) is 18.4 Å². The average molecular weight is 519 g/mol. The van der Waals surface area contributed by atoms with Gasteiger partial charge in [-0.1, -0.05) is 24.3 Å². The first-order valence-electron chi connectivity index (χ1n) is 12.7. The third-order valence-electron chi connectivity index (χ3n) is 8.03. The molecule has 0 aromatic heterocycles. The summed E-state index contributed by atoms with van der Waals surface area (Å²) in [5.41, 5.74) is 0.802. The quantitative estimate of drug-likeness (QED) is 0.280. The number of ether oxygens (including phenoxy) is 1. The van der Waals surface area contributed by atoms with E-state index in [4.69, 9.17) is 4.74 Å². The number of halogens is 3. The normalized spacial score (nSPS) is 26.7. The Labute approximate surface area is 214 Å². The van der Waals surface area contributed by atoms with Crippen LogP contribution < -0.4 is 15.4 Å². The molecule has 0 spiro atoms. The molecule has 2 aromatic carbocycles. The molecule has 4 saturated carbocycles. The number of hydrogen-bond acceptors (Lipinski definition) is 4. The minimum Gasteiger partial charge on any atom is -0.482 e. The topological polar surface area (TPSA) is 50.4 Å². The van der Waals surface area contributed by atoms with E-state index in [0.29, 0.717) is 28.2 Å². The molecule has 4 nitrogen and oxygen atoms in total. The lowest BCUT2D eigenvalue weighted by Crippen LogP contribution is -2.50. The number of amides is 1. The van der Waals surface area contributed by atoms with E-state index in [0.717, 1.165) is 42.3 Å². The number of alkyl halides is 3. The first-order chi connectivity index (χ1) is 17.3. The number of benzene rings is 2. The van der Waals surface area contributed by atoms with Crippen LogP contribution >= 0.6 is 11.8 Å². The van der Waals surface area contributed by atoms with Gasteiger partial charge >= 0.3 is 6.18 Å². The van der Waals surface area contributed by atoms with Crippen LogP contribution in [0.25, 0.3) is 0 Å². The van der Waals surface area contributed by atoms with Crippen molar-refractivity contribution in [3.8, 4) is 5.75 Å². The summed E-state index contributed by atoms with van der Waals surface area (Å²) in [6.45, 7) is 1.22. The number of carbonyl (C=O) groups excluding carboxylic acids is 1. The monoisotopic (exact) mass is 518 g/mol. The Morgan fingerprint density at radius 1 is 0.972 bits per heavy atom. The molecular weight excluding hydrogens is 485 g/mol. The third kappa shape index (κ3) is 6.02. The molecule has 0 aliphatic heterocycles. The van der Waals surface area contributed by atoms with Crippen LogP contribution in [0.4, 0.5) is 13.2 Å². The van der Waals surface area contributed by atoms with Crippen molar-refractivity contribution in [3.63, 3.8) is 0 Å². The predicted molar refractivity (Wildman–Crippen MR) is 136 cm³/mol. The van der Waals surface area contributed by atoms with Gasteiger partial charge in [0, 0.05) is 19.0 Å². The van der Waals surface area contributed by atoms with Crippen molar-refractivity contribution >= 4 is 17.7 Å². The lowest BCUT2D eigenvalue weighted by Gasteiger charge is -2.57. The Kier molecular flexibility index (Phi) is 7.54. The summed E-state index contributed by atoms with van der Waals surface area (Å²) < 4.78 is 44.1. The van der Waals surface area contributed by atoms with Crippen molar-refractivity contribution < 1.29 is 22.7 Å². The Balaban J connectivity index is 1.05. The molecule has 8 heteroatoms. The Bertz CT molecular complexity index is 1020. The minimum atomic E-state index is -4.37. The summed E-state index contributed by atoms with van der Waals surface area (Å²) in [6, 6.07) is 11.8. The summed E-state index contributed by atoms with van der Waals surface area (Å²) in [5, 5.41) is 6.42. The third-order valence-corrected chi connectivity index (χ3v) is 8.73. The Morgan fingerprint density at radius 3 is 2.25 bits per heavy atom. The van der Waals surface area contributed by atoms with Gasteiger partial charge in [-0.2, -0.15) is 13.2 Å². The molecule has 0 saturated heterocycles. The van der Waals surface area contributed by atoms with Crippen molar-refractivity contribution in [2.24, 2.45) is 23.2 Å². The van der Waals surface area contributed by atoms with E-state index in [1.165, 1.54) is 50.7 Å². The van der Waals surface area contributed by atoms with Gasteiger partial charge in [-0.15, -0.1) is 11.8 Å². The maximum Gasteiger partial charge on any atom is 0.416 e. The van der Waals surface area contributed by atoms with Crippen LogP contribution in [0, 0.1) is 23.2 Å². The smallest absolute Gasteiger partial charge is 0.416 e. The van der Waals surface area contributed by atoms with Gasteiger partial charge in [0.2, 0.25) is 0 Å². The second-order valence-corrected chi connectivity index (χ2v) is 11.8. The summed E-state index contributed by atoms with van der Waals surface area (Å²) in [4.78, 5) is 12.7. The second-order valence-electron chi connectivity index (χ2n) is 10.8. The van der Waals surface area contributed by atoms with E-state index >= 15 is 0 Å². The lowest BCUT2D eigenvalue weighted by atomic mass is 9.49. The highest BCUT2D eigenvalue weighted by atomic mass is 32.2. The zero-order valence-electron chi connectivity index (χ0n) is 20.3. The SMILES string of the molecule is O=C(NCc1ccc(C(F)(F)F)cc1)c1ccccc1OCSCNCC12CC3CC(CC(C3)C1)C2. The molecule has 194 valence electrons. The van der Waals surface area contributed by atoms with Crippen LogP contribution in [-0.4, -0.2) is 24.3 Å². The van der Waals surface area contributed by atoms with Crippen molar-refractivity contribution in [1.82, 2.24) is 10.6 Å². The summed E-state index contributed by atoms with van der Waals surface area (Å²) in [5.74, 6) is 4.27. The first-order valence-corrected chi connectivity index (χ1v) is 13.9. The van der Waals surface area contributed by atoms with E-state index in [1.807, 2.05) is 6.07 Å². The molecule has 0 atom stereocenters. The maximum atomic E-state index is 12.7. The molecule has 2 N–H and O–H groups in total. The molecule has 4 aliphatic rings. The molecule has 4 fully saturated rings. The van der Waals surface area contributed by atoms with E-state index in [9.17, 15) is 18.0 Å². The fourth-order valence-corrected chi connectivity index (χ4v) is 7.45. The minimum absolute atomic E-state index is 0.133. The Hall–Kier alpha value is -2.19. The highest BCUT2D eigenvalue weighted by molar-refractivity contribution is 7.99. The van der Waals surface area contributed by atoms with Crippen LogP contribution in [0.3, 0.4) is 0 Å². The standard InChI is InChI=1S/C28H33F3N2O2S/c29-28(30,31)23-7-5-19(6-8-23)15-33-26(34)24-3-1-2-4-25(24)35-18-36-17-32-16-27-12-20-9-21(13-27)11-22(10-20)14-27/h1-8,20-22,32H,9-18H2,(H,33,34). The van der Waals surface area contributed by atoms with Crippen molar-refractivity contribution in [3.05, 3.63) is 65.2 Å². The van der Waals surface area contributed by atoms with Crippen molar-refractivity contribution in [2.45, 2.75) is 51.2 Å². The lowest BCUT2D eigenvalue weighted by molar-refractivity contribution is -0.137. The maximum absolute atomic E-state index is 12.7. The number of rotatable bonds is 10. The molecule has 1 amide bonds. The highest BCUT2D eigenvalue weighted by Crippen LogP contribution is 2.59. The van der Waals surface area contributed by atoms with E-state index in [1.54, 1.807) is 30.0 Å². The molecule has 0 radical (unpaired) electrons. The van der Waals surface area contributed by atoms with Gasteiger partial charge < -0.3 is 15.4 Å². The van der Waals surface area contributed by atoms with Gasteiger partial charge in [-0.25, -0.2) is 0 Å². The van der Waals surface area contributed by atoms with Crippen LogP contribution in [0.1, 0.15) is 60.0 Å². The fraction of sp³-hybridized carbons (Fsp3) is 0.536. The van der Waals surface area contributed by atoms with Crippen LogP contribution in [0.5, 0.6) is 5.75 Å². The average Bonchev–Trinajstić information content (AvgIpc) is 2.84. The second kappa shape index (κ2) is 10.7. The summed E-state index contributed by atoms with van der Waals surface area (Å²) >= 11 is 1.65. The van der Waals surface area contributed by atoms with Crippen molar-refractivity contribution in [1.29, 1.82) is 0 Å². The van der Waals surface area contributed by atoms with E-state index in [2.05, 4.69) is 10.6 Å². The van der Waals surface area contributed by atoms with Gasteiger partial charge in [0.05, 0.1) is 11.1 Å². The van der Waals surface area contributed by atoms with Crippen LogP contribution in [0.2, 0.25) is 0 Å². The predicted octanol–water partition coefficient (Wildman–Crippen LogP) is 6.47. The molecule has 4 bridgehead atoms. The molecule has 2 aromatic rings. The number of para-hydroxylation sites is 1. The molecule has 0 unspecified atom stereocenters. The van der Waals surface area contributed by atoms with E-state index in [-0.39, 0.29) is 12.5 Å². The molecule has 36 heavy (non-hydrogen) atoms. The zero-order chi connectivity index (χ0) is 25.2. The van der Waals surface area contributed by atoms with Gasteiger partial charge in [0.15, 0.2) is 0 Å². The fourth-order valence-electron chi connectivity index (χ4n) is 6.91. The molecule has 6 rings (SSSR count). The van der Waals surface area contributed by atoms with Gasteiger partial charge in [-0.3, -0.25) is 4.79 Å². The zero-order valence-corrected chi connectivity index (χ0v) is 21.1. The van der Waals surface area contributed by atoms with Gasteiger partial charge in [0.1, 0.15) is 11.7 Å². The van der Waals surface area contributed by atoms with E-state index < -0.39 is 11.7 Å². The summed E-state index contributed by atoms with van der Waals surface area (Å²) in [6.07, 6.45) is 4.17. The number of nitrogens with one attached hydrogen (secondary N) is 2. The molecular formula is C28H33F3N2O2S. The largest absolute Gasteiger partial charge is 0.482 e. The highest BCUT2D eigenvalue weighted by Gasteiger charge is 2.50. The molecule has 0 heterocycles. The number of carbonyl (C=O) groups is 1.